The second-order valence-electron chi connectivity index (χ2n) is 14.6. The molecule has 0 bridgehead atoms. The van der Waals surface area contributed by atoms with E-state index in [1.165, 1.54) is 7.11 Å². The Hall–Kier alpha value is -3.80. The molecule has 2 aromatic carbocycles. The van der Waals surface area contributed by atoms with Crippen LogP contribution in [0.3, 0.4) is 0 Å². The third-order valence-electron chi connectivity index (χ3n) is 12.1. The van der Waals surface area contributed by atoms with Crippen LogP contribution >= 0.6 is 0 Å². The van der Waals surface area contributed by atoms with E-state index in [-0.39, 0.29) is 59.9 Å². The van der Waals surface area contributed by atoms with E-state index in [0.29, 0.717) is 35.9 Å². The van der Waals surface area contributed by atoms with Gasteiger partial charge in [0.25, 0.3) is 0 Å². The first-order chi connectivity index (χ1) is 24.3. The van der Waals surface area contributed by atoms with E-state index in [1.807, 2.05) is 25.4 Å². The second kappa shape index (κ2) is 14.4. The van der Waals surface area contributed by atoms with Crippen molar-refractivity contribution in [3.63, 3.8) is 0 Å². The molecule has 268 valence electrons. The van der Waals surface area contributed by atoms with E-state index < -0.39 is 30.3 Å². The average molecular weight is 687 g/mol. The number of ether oxygens (including phenoxy) is 2. The van der Waals surface area contributed by atoms with Gasteiger partial charge in [0, 0.05) is 59.8 Å². The molecule has 1 aliphatic heterocycles. The molecule has 0 radical (unpaired) electrons. The first-order valence-electron chi connectivity index (χ1n) is 17.9. The van der Waals surface area contributed by atoms with Crippen LogP contribution in [0, 0.1) is 17.8 Å². The predicted molar refractivity (Wildman–Crippen MR) is 188 cm³/mol. The van der Waals surface area contributed by atoms with Crippen LogP contribution in [0.1, 0.15) is 89.8 Å². The van der Waals surface area contributed by atoms with Crippen LogP contribution in [0.2, 0.25) is 0 Å². The summed E-state index contributed by atoms with van der Waals surface area (Å²) >= 11 is 0. The fourth-order valence-corrected chi connectivity index (χ4v) is 9.50. The number of hydrogen-bond acceptors (Lipinski definition) is 9. The summed E-state index contributed by atoms with van der Waals surface area (Å²) in [5.74, 6) is -0.0335. The summed E-state index contributed by atoms with van der Waals surface area (Å²) in [5, 5.41) is 68.9. The van der Waals surface area contributed by atoms with Crippen LogP contribution in [0.15, 0.2) is 60.5 Å². The topological polar surface area (TPSA) is 168 Å². The molecule has 4 aliphatic rings. The van der Waals surface area contributed by atoms with Crippen molar-refractivity contribution in [3.8, 4) is 23.0 Å². The molecule has 10 heteroatoms. The van der Waals surface area contributed by atoms with E-state index in [9.17, 15) is 30.6 Å². The number of hydrogen-bond donors (Lipinski definition) is 8. The lowest BCUT2D eigenvalue weighted by Crippen LogP contribution is -2.44. The summed E-state index contributed by atoms with van der Waals surface area (Å²) < 4.78 is 12.5. The molecule has 0 spiro atoms. The van der Waals surface area contributed by atoms with Crippen LogP contribution in [0.4, 0.5) is 0 Å². The Kier molecular flexibility index (Phi) is 10.0. The third-order valence-corrected chi connectivity index (χ3v) is 12.1. The number of phenolic OH excluding ortho intramolecular Hbond substituents is 2. The molecule has 8 N–H and O–H groups in total. The molecule has 3 aromatic rings. The zero-order chi connectivity index (χ0) is 35.1. The van der Waals surface area contributed by atoms with Gasteiger partial charge in [-0.25, -0.2) is 0 Å². The summed E-state index contributed by atoms with van der Waals surface area (Å²) in [6.45, 7) is -0.583. The Morgan fingerprint density at radius 1 is 0.980 bits per heavy atom. The van der Waals surface area contributed by atoms with E-state index in [4.69, 9.17) is 9.47 Å². The Bertz CT molecular complexity index is 1740. The maximum Gasteiger partial charge on any atom is 0.201 e. The molecule has 1 aromatic heterocycles. The quantitative estimate of drug-likeness (QED) is 0.112. The number of aromatic amines is 1. The molecular weight excluding hydrogens is 636 g/mol. The van der Waals surface area contributed by atoms with Gasteiger partial charge in [0.15, 0.2) is 11.5 Å². The molecule has 9 atom stereocenters. The highest BCUT2D eigenvalue weighted by atomic mass is 16.5. The standard InChI is InChI=1S/C40H50N2O8/c1-41-26-7-9-27-24(14-26)3-4-25(19-43)36(27)29-15-22(6-10-32(29)45)23-5-8-28-33(46)17-35(50-34(28)16-23)37-30(13-21-11-12-42-18-21)40(49-2)39(48)38(47)31(37)20-44/h4,6-7,9-12,15,18,23-24,26-28,33-36,41-48H,3,5,8,13-14,16-17,19-20H2,1-2H3/t23-,24-,26+,27-,28-,33+,34+,35+,36+/m1/s1. The van der Waals surface area contributed by atoms with Gasteiger partial charge in [-0.2, -0.15) is 0 Å². The van der Waals surface area contributed by atoms with Crippen molar-refractivity contribution >= 4 is 0 Å². The zero-order valence-electron chi connectivity index (χ0n) is 28.8. The van der Waals surface area contributed by atoms with Gasteiger partial charge >= 0.3 is 0 Å². The number of phenols is 3. The van der Waals surface area contributed by atoms with Gasteiger partial charge in [-0.05, 0) is 91.3 Å². The Balaban J connectivity index is 1.20. The largest absolute Gasteiger partial charge is 0.508 e. The molecule has 2 fully saturated rings. The van der Waals surface area contributed by atoms with Crippen molar-refractivity contribution in [1.82, 2.24) is 10.3 Å². The number of nitrogens with one attached hydrogen (secondary N) is 2. The number of likely N-dealkylation sites (N-methyl/N-ethyl adjacent to an activating group) is 1. The number of aromatic hydroxyl groups is 3. The molecule has 0 unspecified atom stereocenters. The number of aliphatic hydroxyl groups excluding tert-OH is 3. The van der Waals surface area contributed by atoms with Gasteiger partial charge in [-0.1, -0.05) is 30.4 Å². The molecule has 0 amide bonds. The minimum Gasteiger partial charge on any atom is -0.508 e. The number of benzene rings is 2. The maximum absolute atomic E-state index is 11.5. The molecule has 1 saturated heterocycles. The summed E-state index contributed by atoms with van der Waals surface area (Å²) in [6.07, 6.45) is 13.4. The normalized spacial score (nSPS) is 30.7. The monoisotopic (exact) mass is 686 g/mol. The first kappa shape index (κ1) is 34.6. The molecule has 10 nitrogen and oxygen atoms in total. The highest BCUT2D eigenvalue weighted by Crippen LogP contribution is 2.53. The molecule has 7 rings (SSSR count). The van der Waals surface area contributed by atoms with Gasteiger partial charge in [-0.15, -0.1) is 0 Å². The van der Waals surface area contributed by atoms with Gasteiger partial charge < -0.3 is 50.4 Å². The minimum atomic E-state index is -0.667. The number of fused-ring (bicyclic) bond motifs is 2. The Labute approximate surface area is 293 Å². The van der Waals surface area contributed by atoms with Crippen molar-refractivity contribution in [2.75, 3.05) is 20.8 Å². The Morgan fingerprint density at radius 2 is 1.82 bits per heavy atom. The van der Waals surface area contributed by atoms with Crippen LogP contribution in [0.25, 0.3) is 0 Å². The highest BCUT2D eigenvalue weighted by Gasteiger charge is 2.45. The van der Waals surface area contributed by atoms with Crippen LogP contribution in [0.5, 0.6) is 23.0 Å². The Morgan fingerprint density at radius 3 is 2.54 bits per heavy atom. The molecule has 3 aliphatic carbocycles. The van der Waals surface area contributed by atoms with Crippen LogP contribution in [-0.2, 0) is 17.8 Å². The van der Waals surface area contributed by atoms with E-state index in [2.05, 4.69) is 34.6 Å². The number of aliphatic hydroxyl groups is 3. The van der Waals surface area contributed by atoms with E-state index in [0.717, 1.165) is 47.9 Å². The minimum absolute atomic E-state index is 0.0549. The van der Waals surface area contributed by atoms with E-state index in [1.54, 1.807) is 12.3 Å². The fourth-order valence-electron chi connectivity index (χ4n) is 9.50. The lowest BCUT2D eigenvalue weighted by atomic mass is 9.64. The SMILES string of the molecule is CN[C@H]1C=C[C@@H]2[C@H](CC=C(CO)[C@@H]2c2cc([C@@H]3CC[C@H]4[C@H](C3)O[C@H](c3c(CO)c(O)c(O)c(OC)c3Cc3cc[nH]c3)C[C@@H]4O)ccc2O)C1. The molecular formula is C40H50N2O8. The number of aromatic nitrogens is 1. The number of methoxy groups -OCH3 is 1. The summed E-state index contributed by atoms with van der Waals surface area (Å²) in [6, 6.07) is 8.11. The van der Waals surface area contributed by atoms with Crippen molar-refractivity contribution in [1.29, 1.82) is 0 Å². The van der Waals surface area contributed by atoms with Gasteiger partial charge in [0.1, 0.15) is 5.75 Å². The second-order valence-corrected chi connectivity index (χ2v) is 14.6. The van der Waals surface area contributed by atoms with Crippen molar-refractivity contribution < 1.29 is 40.1 Å². The van der Waals surface area contributed by atoms with Crippen LogP contribution in [-0.4, -0.2) is 74.6 Å². The zero-order valence-corrected chi connectivity index (χ0v) is 28.8. The summed E-state index contributed by atoms with van der Waals surface area (Å²) in [4.78, 5) is 3.05. The van der Waals surface area contributed by atoms with Gasteiger partial charge in [0.05, 0.1) is 38.6 Å². The van der Waals surface area contributed by atoms with Crippen molar-refractivity contribution in [3.05, 3.63) is 93.8 Å². The third kappa shape index (κ3) is 6.22. The van der Waals surface area contributed by atoms with Crippen LogP contribution < -0.4 is 10.1 Å². The highest BCUT2D eigenvalue weighted by molar-refractivity contribution is 5.64. The number of rotatable bonds is 9. The number of allylic oxidation sites excluding steroid dienone is 2. The molecule has 50 heavy (non-hydrogen) atoms. The maximum atomic E-state index is 11.5. The van der Waals surface area contributed by atoms with E-state index >= 15 is 0 Å². The average Bonchev–Trinajstić information content (AvgIpc) is 3.65. The van der Waals surface area contributed by atoms with Crippen molar-refractivity contribution in [2.45, 2.75) is 87.7 Å². The van der Waals surface area contributed by atoms with Crippen molar-refractivity contribution in [2.24, 2.45) is 17.8 Å². The smallest absolute Gasteiger partial charge is 0.201 e. The number of H-pyrrole nitrogens is 1. The lowest BCUT2D eigenvalue weighted by Gasteiger charge is -2.46. The fraction of sp³-hybridized carbons (Fsp3) is 0.500. The molecule has 2 heterocycles. The molecule has 1 saturated carbocycles. The lowest BCUT2D eigenvalue weighted by molar-refractivity contribution is -0.154. The van der Waals surface area contributed by atoms with Gasteiger partial charge in [-0.3, -0.25) is 0 Å². The predicted octanol–water partition coefficient (Wildman–Crippen LogP) is 5.18. The first-order valence-corrected chi connectivity index (χ1v) is 17.9. The summed E-state index contributed by atoms with van der Waals surface area (Å²) in [5.41, 5.74) is 5.08. The summed E-state index contributed by atoms with van der Waals surface area (Å²) in [7, 11) is 3.41. The van der Waals surface area contributed by atoms with Gasteiger partial charge in [0.2, 0.25) is 5.75 Å².